The van der Waals surface area contributed by atoms with Crippen LogP contribution in [0.1, 0.15) is 46.1 Å². The van der Waals surface area contributed by atoms with Gasteiger partial charge in [0.2, 0.25) is 0 Å². The van der Waals surface area contributed by atoms with E-state index in [0.717, 1.165) is 51.4 Å². The van der Waals surface area contributed by atoms with E-state index in [-0.39, 0.29) is 30.1 Å². The number of hydrogen-bond acceptors (Lipinski definition) is 4. The molecule has 0 spiro atoms. The number of nitrogens with zero attached hydrogens (tertiary/aromatic N) is 4. The molecule has 2 rings (SSSR count). The van der Waals surface area contributed by atoms with E-state index in [2.05, 4.69) is 26.3 Å². The predicted octanol–water partition coefficient (Wildman–Crippen LogP) is 3.79. The number of aromatic nitrogens is 1. The fourth-order valence-electron chi connectivity index (χ4n) is 3.50. The van der Waals surface area contributed by atoms with Gasteiger partial charge in [0, 0.05) is 52.2 Å². The summed E-state index contributed by atoms with van der Waals surface area (Å²) < 4.78 is 5.53. The van der Waals surface area contributed by atoms with Gasteiger partial charge in [-0.2, -0.15) is 0 Å². The first-order valence-corrected chi connectivity index (χ1v) is 10.6. The summed E-state index contributed by atoms with van der Waals surface area (Å²) in [6.07, 6.45) is 6.49. The van der Waals surface area contributed by atoms with Crippen LogP contribution in [-0.4, -0.2) is 72.2 Å². The lowest BCUT2D eigenvalue weighted by Gasteiger charge is -2.36. The molecule has 1 saturated heterocycles. The molecule has 0 atom stereocenters. The normalized spacial score (nSPS) is 15.4. The molecular formula is C22H38IN5O2. The summed E-state index contributed by atoms with van der Waals surface area (Å²) in [7, 11) is 1.83. The molecule has 1 aliphatic heterocycles. The molecule has 1 fully saturated rings. The Morgan fingerprint density at radius 3 is 2.60 bits per heavy atom. The molecule has 30 heavy (non-hydrogen) atoms. The van der Waals surface area contributed by atoms with Crippen LogP contribution in [0, 0.1) is 5.92 Å². The minimum absolute atomic E-state index is 0. The third-order valence-electron chi connectivity index (χ3n) is 5.06. The van der Waals surface area contributed by atoms with Crippen molar-refractivity contribution in [1.29, 1.82) is 0 Å². The van der Waals surface area contributed by atoms with Crippen molar-refractivity contribution in [2.24, 2.45) is 10.9 Å². The second-order valence-corrected chi connectivity index (χ2v) is 8.53. The molecule has 7 nitrogen and oxygen atoms in total. The van der Waals surface area contributed by atoms with Gasteiger partial charge in [-0.05, 0) is 64.5 Å². The number of carbonyl (C=O) groups is 1. The Balaban J connectivity index is 0.00000450. The summed E-state index contributed by atoms with van der Waals surface area (Å²) in [5.74, 6) is 1.44. The van der Waals surface area contributed by atoms with Crippen LogP contribution in [0.4, 0.5) is 4.79 Å². The highest BCUT2D eigenvalue weighted by Gasteiger charge is 2.27. The van der Waals surface area contributed by atoms with Crippen molar-refractivity contribution < 1.29 is 9.53 Å². The van der Waals surface area contributed by atoms with Gasteiger partial charge in [0.05, 0.1) is 0 Å². The Morgan fingerprint density at radius 1 is 1.37 bits per heavy atom. The molecule has 8 heteroatoms. The Kier molecular flexibility index (Phi) is 11.4. The molecule has 1 aromatic heterocycles. The SMILES string of the molecule is CCN(CC1CCN(C(=NC)NCCc2cccnc2)CC1)C(=O)OC(C)(C)C.I. The van der Waals surface area contributed by atoms with E-state index in [9.17, 15) is 4.79 Å². The maximum absolute atomic E-state index is 12.4. The van der Waals surface area contributed by atoms with Crippen LogP contribution >= 0.6 is 24.0 Å². The van der Waals surface area contributed by atoms with Gasteiger partial charge < -0.3 is 19.9 Å². The fourth-order valence-corrected chi connectivity index (χ4v) is 3.50. The van der Waals surface area contributed by atoms with Crippen LogP contribution in [0.25, 0.3) is 0 Å². The van der Waals surface area contributed by atoms with E-state index < -0.39 is 5.60 Å². The van der Waals surface area contributed by atoms with Gasteiger partial charge in [-0.15, -0.1) is 24.0 Å². The first kappa shape index (κ1) is 26.5. The van der Waals surface area contributed by atoms with E-state index in [0.29, 0.717) is 12.5 Å². The van der Waals surface area contributed by atoms with Crippen molar-refractivity contribution in [3.8, 4) is 0 Å². The standard InChI is InChI=1S/C22H37N5O2.HI/c1-6-26(21(28)29-22(2,3)4)17-19-10-14-27(15-11-19)20(23-5)25-13-9-18-8-7-12-24-16-18;/h7-8,12,16,19H,6,9-11,13-15,17H2,1-5H3,(H,23,25);1H. The smallest absolute Gasteiger partial charge is 0.410 e. The van der Waals surface area contributed by atoms with Crippen LogP contribution in [-0.2, 0) is 11.2 Å². The second-order valence-electron chi connectivity index (χ2n) is 8.53. The molecule has 2 heterocycles. The van der Waals surface area contributed by atoms with Gasteiger partial charge in [0.15, 0.2) is 5.96 Å². The van der Waals surface area contributed by atoms with Gasteiger partial charge in [0.25, 0.3) is 0 Å². The van der Waals surface area contributed by atoms with Crippen LogP contribution < -0.4 is 5.32 Å². The summed E-state index contributed by atoms with van der Waals surface area (Å²) in [6.45, 7) is 11.9. The van der Waals surface area contributed by atoms with Gasteiger partial charge in [-0.3, -0.25) is 9.98 Å². The molecular weight excluding hydrogens is 493 g/mol. The molecule has 0 unspecified atom stereocenters. The average molecular weight is 531 g/mol. The molecule has 1 aliphatic rings. The maximum atomic E-state index is 12.4. The zero-order valence-electron chi connectivity index (χ0n) is 19.1. The van der Waals surface area contributed by atoms with Crippen LogP contribution in [0.3, 0.4) is 0 Å². The van der Waals surface area contributed by atoms with Crippen LogP contribution in [0.5, 0.6) is 0 Å². The molecule has 0 saturated carbocycles. The Hall–Kier alpha value is -1.58. The van der Waals surface area contributed by atoms with Crippen molar-refractivity contribution in [2.45, 2.75) is 52.6 Å². The number of carbonyl (C=O) groups excluding carboxylic acids is 1. The first-order chi connectivity index (χ1) is 13.8. The average Bonchev–Trinajstić information content (AvgIpc) is 2.69. The fraction of sp³-hybridized carbons (Fsp3) is 0.682. The zero-order valence-corrected chi connectivity index (χ0v) is 21.4. The third kappa shape index (κ3) is 9.06. The summed E-state index contributed by atoms with van der Waals surface area (Å²) in [5, 5.41) is 3.46. The molecule has 1 amide bonds. The van der Waals surface area contributed by atoms with E-state index in [1.54, 1.807) is 6.20 Å². The number of likely N-dealkylation sites (tertiary alicyclic amines) is 1. The van der Waals surface area contributed by atoms with Crippen molar-refractivity contribution in [1.82, 2.24) is 20.1 Å². The topological polar surface area (TPSA) is 70.1 Å². The summed E-state index contributed by atoms with van der Waals surface area (Å²) >= 11 is 0. The molecule has 0 radical (unpaired) electrons. The number of rotatable bonds is 6. The summed E-state index contributed by atoms with van der Waals surface area (Å²) in [5.41, 5.74) is 0.762. The van der Waals surface area contributed by atoms with Gasteiger partial charge >= 0.3 is 6.09 Å². The van der Waals surface area contributed by atoms with Gasteiger partial charge in [-0.25, -0.2) is 4.79 Å². The number of piperidine rings is 1. The molecule has 1 N–H and O–H groups in total. The second kappa shape index (κ2) is 13.0. The Morgan fingerprint density at radius 2 is 2.07 bits per heavy atom. The zero-order chi connectivity index (χ0) is 21.3. The van der Waals surface area contributed by atoms with E-state index in [1.807, 2.05) is 51.9 Å². The maximum Gasteiger partial charge on any atom is 0.410 e. The van der Waals surface area contributed by atoms with Crippen molar-refractivity contribution in [3.63, 3.8) is 0 Å². The van der Waals surface area contributed by atoms with Gasteiger partial charge in [-0.1, -0.05) is 6.07 Å². The lowest BCUT2D eigenvalue weighted by Crippen LogP contribution is -2.48. The summed E-state index contributed by atoms with van der Waals surface area (Å²) in [4.78, 5) is 25.1. The molecule has 0 bridgehead atoms. The minimum atomic E-state index is -0.457. The quantitative estimate of drug-likeness (QED) is 0.344. The molecule has 0 aliphatic carbocycles. The lowest BCUT2D eigenvalue weighted by molar-refractivity contribution is 0.0214. The van der Waals surface area contributed by atoms with E-state index in [1.165, 1.54) is 5.56 Å². The monoisotopic (exact) mass is 531 g/mol. The number of aliphatic imine (C=N–C) groups is 1. The number of pyridine rings is 1. The lowest BCUT2D eigenvalue weighted by atomic mass is 9.96. The van der Waals surface area contributed by atoms with Crippen LogP contribution in [0.15, 0.2) is 29.5 Å². The highest BCUT2D eigenvalue weighted by atomic mass is 127. The van der Waals surface area contributed by atoms with Crippen molar-refractivity contribution in [2.75, 3.05) is 39.8 Å². The van der Waals surface area contributed by atoms with E-state index >= 15 is 0 Å². The number of nitrogens with one attached hydrogen (secondary N) is 1. The number of amides is 1. The minimum Gasteiger partial charge on any atom is -0.444 e. The molecule has 170 valence electrons. The Bertz CT molecular complexity index is 655. The largest absolute Gasteiger partial charge is 0.444 e. The van der Waals surface area contributed by atoms with Crippen molar-refractivity contribution >= 4 is 36.0 Å². The number of hydrogen-bond donors (Lipinski definition) is 1. The first-order valence-electron chi connectivity index (χ1n) is 10.6. The number of guanidine groups is 1. The van der Waals surface area contributed by atoms with Crippen LogP contribution in [0.2, 0.25) is 0 Å². The van der Waals surface area contributed by atoms with Gasteiger partial charge in [0.1, 0.15) is 5.60 Å². The molecule has 1 aromatic rings. The van der Waals surface area contributed by atoms with E-state index in [4.69, 9.17) is 4.74 Å². The number of ether oxygens (including phenoxy) is 1. The Labute approximate surface area is 198 Å². The third-order valence-corrected chi connectivity index (χ3v) is 5.06. The summed E-state index contributed by atoms with van der Waals surface area (Å²) in [6, 6.07) is 4.05. The number of halogens is 1. The highest BCUT2D eigenvalue weighted by molar-refractivity contribution is 14.0. The predicted molar refractivity (Wildman–Crippen MR) is 132 cm³/mol. The van der Waals surface area contributed by atoms with Crippen molar-refractivity contribution in [3.05, 3.63) is 30.1 Å². The molecule has 0 aromatic carbocycles. The highest BCUT2D eigenvalue weighted by Crippen LogP contribution is 2.20.